The fourth-order valence-electron chi connectivity index (χ4n) is 3.05. The van der Waals surface area contributed by atoms with Crippen molar-refractivity contribution in [1.82, 2.24) is 10.2 Å². The highest BCUT2D eigenvalue weighted by Crippen LogP contribution is 2.28. The molecular weight excluding hydrogens is 172 g/mol. The number of hydrogen-bond donors (Lipinski definition) is 1. The molecule has 2 nitrogen and oxygen atoms in total. The van der Waals surface area contributed by atoms with Crippen LogP contribution >= 0.6 is 0 Å². The van der Waals surface area contributed by atoms with Crippen molar-refractivity contribution in [3.8, 4) is 0 Å². The van der Waals surface area contributed by atoms with Gasteiger partial charge in [0.2, 0.25) is 0 Å². The molecule has 2 aliphatic heterocycles. The Labute approximate surface area is 88.1 Å². The van der Waals surface area contributed by atoms with Crippen LogP contribution in [0.2, 0.25) is 0 Å². The molecule has 2 heteroatoms. The lowest BCUT2D eigenvalue weighted by molar-refractivity contribution is 0.278. The van der Waals surface area contributed by atoms with Crippen molar-refractivity contribution < 1.29 is 0 Å². The van der Waals surface area contributed by atoms with E-state index in [1.807, 2.05) is 0 Å². The Morgan fingerprint density at radius 2 is 2.07 bits per heavy atom. The van der Waals surface area contributed by atoms with E-state index in [0.29, 0.717) is 0 Å². The molecule has 0 amide bonds. The fourth-order valence-corrected chi connectivity index (χ4v) is 3.05. The summed E-state index contributed by atoms with van der Waals surface area (Å²) >= 11 is 0. The lowest BCUT2D eigenvalue weighted by Gasteiger charge is -2.21. The summed E-state index contributed by atoms with van der Waals surface area (Å²) in [5, 5.41) is 3.50. The Kier molecular flexibility index (Phi) is 3.82. The van der Waals surface area contributed by atoms with Gasteiger partial charge in [-0.05, 0) is 70.2 Å². The van der Waals surface area contributed by atoms with Crippen molar-refractivity contribution in [3.05, 3.63) is 0 Å². The summed E-state index contributed by atoms with van der Waals surface area (Å²) in [6.07, 6.45) is 5.77. The summed E-state index contributed by atoms with van der Waals surface area (Å²) in [7, 11) is 0. The van der Waals surface area contributed by atoms with E-state index in [0.717, 1.165) is 11.8 Å². The van der Waals surface area contributed by atoms with Crippen LogP contribution in [-0.2, 0) is 0 Å². The molecule has 0 aliphatic carbocycles. The molecule has 0 aromatic carbocycles. The summed E-state index contributed by atoms with van der Waals surface area (Å²) in [5.74, 6) is 2.01. The standard InChI is InChI=1S/C12H24N2/c1-2-14-8-3-4-11(6-9-14)12-5-7-13-10-12/h11-13H,2-10H2,1H3. The van der Waals surface area contributed by atoms with Gasteiger partial charge in [-0.1, -0.05) is 6.92 Å². The van der Waals surface area contributed by atoms with Gasteiger partial charge >= 0.3 is 0 Å². The van der Waals surface area contributed by atoms with Crippen LogP contribution in [0.4, 0.5) is 0 Å². The van der Waals surface area contributed by atoms with E-state index < -0.39 is 0 Å². The second kappa shape index (κ2) is 5.13. The molecule has 2 fully saturated rings. The Morgan fingerprint density at radius 1 is 1.14 bits per heavy atom. The van der Waals surface area contributed by atoms with Crippen molar-refractivity contribution in [1.29, 1.82) is 0 Å². The van der Waals surface area contributed by atoms with E-state index in [-0.39, 0.29) is 0 Å². The van der Waals surface area contributed by atoms with Crippen LogP contribution in [0.5, 0.6) is 0 Å². The van der Waals surface area contributed by atoms with Gasteiger partial charge in [0, 0.05) is 0 Å². The largest absolute Gasteiger partial charge is 0.316 e. The molecule has 0 aromatic heterocycles. The van der Waals surface area contributed by atoms with Crippen LogP contribution in [0.3, 0.4) is 0 Å². The maximum absolute atomic E-state index is 3.50. The number of hydrogen-bond acceptors (Lipinski definition) is 2. The summed E-state index contributed by atoms with van der Waals surface area (Å²) in [6, 6.07) is 0. The maximum atomic E-state index is 3.50. The summed E-state index contributed by atoms with van der Waals surface area (Å²) < 4.78 is 0. The number of likely N-dealkylation sites (tertiary alicyclic amines) is 1. The van der Waals surface area contributed by atoms with Gasteiger partial charge in [0.25, 0.3) is 0 Å². The Hall–Kier alpha value is -0.0800. The first kappa shape index (κ1) is 10.4. The number of rotatable bonds is 2. The topological polar surface area (TPSA) is 15.3 Å². The minimum atomic E-state index is 0.992. The number of nitrogens with one attached hydrogen (secondary N) is 1. The smallest absolute Gasteiger partial charge is 0.00161 e. The molecule has 2 saturated heterocycles. The molecule has 82 valence electrons. The van der Waals surface area contributed by atoms with Gasteiger partial charge in [-0.15, -0.1) is 0 Å². The van der Waals surface area contributed by atoms with Crippen molar-refractivity contribution >= 4 is 0 Å². The van der Waals surface area contributed by atoms with Gasteiger partial charge in [-0.3, -0.25) is 0 Å². The maximum Gasteiger partial charge on any atom is -0.00161 e. The molecular formula is C12H24N2. The van der Waals surface area contributed by atoms with E-state index in [4.69, 9.17) is 0 Å². The predicted octanol–water partition coefficient (Wildman–Crippen LogP) is 1.72. The third kappa shape index (κ3) is 2.48. The van der Waals surface area contributed by atoms with Gasteiger partial charge < -0.3 is 10.2 Å². The predicted molar refractivity (Wildman–Crippen MR) is 60.4 cm³/mol. The van der Waals surface area contributed by atoms with Gasteiger partial charge in [0.15, 0.2) is 0 Å². The van der Waals surface area contributed by atoms with Gasteiger partial charge in [0.05, 0.1) is 0 Å². The normalized spacial score (nSPS) is 35.8. The second-order valence-corrected chi connectivity index (χ2v) is 4.88. The van der Waals surface area contributed by atoms with Crippen LogP contribution in [0.15, 0.2) is 0 Å². The molecule has 14 heavy (non-hydrogen) atoms. The molecule has 2 unspecified atom stereocenters. The van der Waals surface area contributed by atoms with Crippen LogP contribution in [0, 0.1) is 11.8 Å². The van der Waals surface area contributed by atoms with Crippen LogP contribution in [-0.4, -0.2) is 37.6 Å². The number of nitrogens with zero attached hydrogens (tertiary/aromatic N) is 1. The average molecular weight is 196 g/mol. The lowest BCUT2D eigenvalue weighted by Crippen LogP contribution is -2.25. The minimum absolute atomic E-state index is 0.992. The summed E-state index contributed by atoms with van der Waals surface area (Å²) in [6.45, 7) is 8.77. The zero-order chi connectivity index (χ0) is 9.80. The molecule has 0 saturated carbocycles. The van der Waals surface area contributed by atoms with Gasteiger partial charge in [-0.25, -0.2) is 0 Å². The summed E-state index contributed by atoms with van der Waals surface area (Å²) in [5.41, 5.74) is 0. The highest BCUT2D eigenvalue weighted by Gasteiger charge is 2.26. The van der Waals surface area contributed by atoms with Crippen LogP contribution < -0.4 is 5.32 Å². The van der Waals surface area contributed by atoms with Crippen LogP contribution in [0.1, 0.15) is 32.6 Å². The fraction of sp³-hybridized carbons (Fsp3) is 1.00. The molecule has 0 bridgehead atoms. The second-order valence-electron chi connectivity index (χ2n) is 4.88. The van der Waals surface area contributed by atoms with E-state index in [9.17, 15) is 0 Å². The Bertz CT molecular complexity index is 164. The minimum Gasteiger partial charge on any atom is -0.316 e. The van der Waals surface area contributed by atoms with Crippen molar-refractivity contribution in [2.45, 2.75) is 32.6 Å². The SMILES string of the molecule is CCN1CCCC(C2CCNC2)CC1. The monoisotopic (exact) mass is 196 g/mol. The van der Waals surface area contributed by atoms with Gasteiger partial charge in [-0.2, -0.15) is 0 Å². The molecule has 2 heterocycles. The van der Waals surface area contributed by atoms with Crippen molar-refractivity contribution in [2.24, 2.45) is 11.8 Å². The van der Waals surface area contributed by atoms with E-state index in [1.165, 1.54) is 58.4 Å². The van der Waals surface area contributed by atoms with E-state index >= 15 is 0 Å². The highest BCUT2D eigenvalue weighted by atomic mass is 15.1. The van der Waals surface area contributed by atoms with Crippen LogP contribution in [0.25, 0.3) is 0 Å². The molecule has 0 spiro atoms. The third-order valence-electron chi connectivity index (χ3n) is 4.08. The van der Waals surface area contributed by atoms with E-state index in [2.05, 4.69) is 17.1 Å². The van der Waals surface area contributed by atoms with Crippen molar-refractivity contribution in [2.75, 3.05) is 32.7 Å². The lowest BCUT2D eigenvalue weighted by atomic mass is 9.86. The first-order chi connectivity index (χ1) is 6.90. The quantitative estimate of drug-likeness (QED) is 0.723. The summed E-state index contributed by atoms with van der Waals surface area (Å²) in [4.78, 5) is 2.61. The Morgan fingerprint density at radius 3 is 2.79 bits per heavy atom. The third-order valence-corrected chi connectivity index (χ3v) is 4.08. The zero-order valence-electron chi connectivity index (χ0n) is 9.47. The molecule has 0 aromatic rings. The Balaban J connectivity index is 1.82. The van der Waals surface area contributed by atoms with E-state index in [1.54, 1.807) is 0 Å². The molecule has 2 aliphatic rings. The van der Waals surface area contributed by atoms with Gasteiger partial charge in [0.1, 0.15) is 0 Å². The average Bonchev–Trinajstić information content (AvgIpc) is 2.63. The molecule has 2 rings (SSSR count). The first-order valence-electron chi connectivity index (χ1n) is 6.33. The van der Waals surface area contributed by atoms with Crippen molar-refractivity contribution in [3.63, 3.8) is 0 Å². The molecule has 0 radical (unpaired) electrons. The first-order valence-corrected chi connectivity index (χ1v) is 6.33. The molecule has 2 atom stereocenters. The zero-order valence-corrected chi connectivity index (χ0v) is 9.47. The highest BCUT2D eigenvalue weighted by molar-refractivity contribution is 4.81. The molecule has 1 N–H and O–H groups in total.